The maximum atomic E-state index is 11.4. The molecule has 0 fully saturated rings. The second-order valence-electron chi connectivity index (χ2n) is 4.77. The van der Waals surface area contributed by atoms with Gasteiger partial charge in [-0.1, -0.05) is 38.0 Å². The van der Waals surface area contributed by atoms with E-state index in [2.05, 4.69) is 23.7 Å². The van der Waals surface area contributed by atoms with Gasteiger partial charge >= 0.3 is 5.82 Å². The normalized spacial score (nSPS) is 11.1. The molecule has 6 nitrogen and oxygen atoms in total. The van der Waals surface area contributed by atoms with Crippen LogP contribution in [0.5, 0.6) is 0 Å². The fourth-order valence-electron chi connectivity index (χ4n) is 2.17. The number of fused-ring (bicyclic) bond motifs is 1. The summed E-state index contributed by atoms with van der Waals surface area (Å²) < 4.78 is 1.57. The first kappa shape index (κ1) is 14.8. The summed E-state index contributed by atoms with van der Waals surface area (Å²) >= 11 is 1.43. The molecule has 0 radical (unpaired) electrons. The SMILES string of the molecule is CCCCN(CCCC)c1nc2sccn2c1[N+](=O)[O-]. The van der Waals surface area contributed by atoms with Crippen molar-refractivity contribution in [3.05, 3.63) is 21.7 Å². The lowest BCUT2D eigenvalue weighted by molar-refractivity contribution is -0.389. The molecule has 0 unspecified atom stereocenters. The zero-order valence-electron chi connectivity index (χ0n) is 11.9. The Morgan fingerprint density at radius 2 is 2.00 bits per heavy atom. The lowest BCUT2D eigenvalue weighted by atomic mass is 10.2. The maximum absolute atomic E-state index is 11.4. The molecule has 0 aliphatic rings. The standard InChI is InChI=1S/C13H20N4O2S/c1-3-5-7-15(8-6-4-2)11-12(17(18)19)16-9-10-20-13(16)14-11/h9-10H,3-8H2,1-2H3. The third-order valence-corrected chi connectivity index (χ3v) is 4.01. The van der Waals surface area contributed by atoms with Gasteiger partial charge in [0, 0.05) is 18.5 Å². The van der Waals surface area contributed by atoms with Crippen LogP contribution in [0.2, 0.25) is 0 Å². The molecule has 2 rings (SSSR count). The van der Waals surface area contributed by atoms with Crippen molar-refractivity contribution in [2.45, 2.75) is 39.5 Å². The largest absolute Gasteiger partial charge is 0.373 e. The number of rotatable bonds is 8. The van der Waals surface area contributed by atoms with E-state index in [4.69, 9.17) is 0 Å². The van der Waals surface area contributed by atoms with Gasteiger partial charge in [0.25, 0.3) is 4.96 Å². The van der Waals surface area contributed by atoms with Gasteiger partial charge in [0.05, 0.1) is 0 Å². The number of imidazole rings is 1. The predicted molar refractivity (Wildman–Crippen MR) is 81.8 cm³/mol. The molecule has 0 bridgehead atoms. The zero-order valence-corrected chi connectivity index (χ0v) is 12.7. The van der Waals surface area contributed by atoms with Crippen LogP contribution in [0.15, 0.2) is 11.6 Å². The van der Waals surface area contributed by atoms with E-state index in [1.54, 1.807) is 10.6 Å². The van der Waals surface area contributed by atoms with Crippen molar-refractivity contribution < 1.29 is 4.92 Å². The van der Waals surface area contributed by atoms with E-state index >= 15 is 0 Å². The minimum absolute atomic E-state index is 0.0912. The van der Waals surface area contributed by atoms with Crippen LogP contribution in [-0.2, 0) is 0 Å². The van der Waals surface area contributed by atoms with E-state index in [1.807, 2.05) is 5.38 Å². The molecule has 2 aromatic heterocycles. The number of unbranched alkanes of at least 4 members (excludes halogenated alkanes) is 2. The van der Waals surface area contributed by atoms with E-state index in [9.17, 15) is 10.1 Å². The van der Waals surface area contributed by atoms with Crippen molar-refractivity contribution in [2.24, 2.45) is 0 Å². The molecular formula is C13H20N4O2S. The molecule has 0 atom stereocenters. The molecule has 2 heterocycles. The number of thiazole rings is 1. The Hall–Kier alpha value is -1.63. The molecular weight excluding hydrogens is 276 g/mol. The molecule has 0 amide bonds. The summed E-state index contributed by atoms with van der Waals surface area (Å²) in [6.45, 7) is 5.89. The Morgan fingerprint density at radius 3 is 2.55 bits per heavy atom. The Balaban J connectivity index is 2.37. The quantitative estimate of drug-likeness (QED) is 0.550. The van der Waals surface area contributed by atoms with Crippen molar-refractivity contribution in [3.63, 3.8) is 0 Å². The highest BCUT2D eigenvalue weighted by Gasteiger charge is 2.27. The predicted octanol–water partition coefficient (Wildman–Crippen LogP) is 3.71. The van der Waals surface area contributed by atoms with Crippen molar-refractivity contribution >= 4 is 27.9 Å². The van der Waals surface area contributed by atoms with Crippen molar-refractivity contribution in [1.29, 1.82) is 0 Å². The third-order valence-electron chi connectivity index (χ3n) is 3.25. The molecule has 0 N–H and O–H groups in total. The Morgan fingerprint density at radius 1 is 1.35 bits per heavy atom. The average Bonchev–Trinajstić information content (AvgIpc) is 2.98. The summed E-state index contributed by atoms with van der Waals surface area (Å²) in [6, 6.07) is 0. The monoisotopic (exact) mass is 296 g/mol. The molecule has 110 valence electrons. The van der Waals surface area contributed by atoms with Gasteiger partial charge in [-0.25, -0.2) is 0 Å². The molecule has 2 aromatic rings. The summed E-state index contributed by atoms with van der Waals surface area (Å²) in [5, 5.41) is 13.2. The van der Waals surface area contributed by atoms with Gasteiger partial charge < -0.3 is 15.0 Å². The molecule has 0 saturated carbocycles. The molecule has 7 heteroatoms. The summed E-state index contributed by atoms with van der Waals surface area (Å²) in [4.78, 5) is 18.3. The van der Waals surface area contributed by atoms with Crippen LogP contribution < -0.4 is 4.90 Å². The van der Waals surface area contributed by atoms with Crippen molar-refractivity contribution in [1.82, 2.24) is 9.38 Å². The first-order valence-electron chi connectivity index (χ1n) is 7.03. The molecule has 0 aliphatic carbocycles. The van der Waals surface area contributed by atoms with E-state index in [0.717, 1.165) is 38.8 Å². The molecule has 0 aromatic carbocycles. The van der Waals surface area contributed by atoms with Gasteiger partial charge in [0.15, 0.2) is 0 Å². The lowest BCUT2D eigenvalue weighted by Crippen LogP contribution is -2.26. The Bertz CT molecular complexity index is 570. The van der Waals surface area contributed by atoms with Crippen LogP contribution in [-0.4, -0.2) is 27.4 Å². The van der Waals surface area contributed by atoms with Gasteiger partial charge in [0.1, 0.15) is 6.20 Å². The Labute approximate surface area is 122 Å². The van der Waals surface area contributed by atoms with E-state index < -0.39 is 0 Å². The minimum Gasteiger partial charge on any atom is -0.358 e. The summed E-state index contributed by atoms with van der Waals surface area (Å²) in [5.41, 5.74) is 0. The van der Waals surface area contributed by atoms with Gasteiger partial charge in [-0.2, -0.15) is 9.38 Å². The van der Waals surface area contributed by atoms with Crippen molar-refractivity contribution in [2.75, 3.05) is 18.0 Å². The van der Waals surface area contributed by atoms with Gasteiger partial charge in [0.2, 0.25) is 5.82 Å². The second-order valence-corrected chi connectivity index (χ2v) is 5.64. The van der Waals surface area contributed by atoms with E-state index in [0.29, 0.717) is 10.8 Å². The number of nitrogens with zero attached hydrogens (tertiary/aromatic N) is 4. The molecule has 0 spiro atoms. The number of aromatic nitrogens is 2. The molecule has 0 saturated heterocycles. The summed E-state index contributed by atoms with van der Waals surface area (Å²) in [7, 11) is 0. The third kappa shape index (κ3) is 2.92. The highest BCUT2D eigenvalue weighted by atomic mass is 32.1. The highest BCUT2D eigenvalue weighted by molar-refractivity contribution is 7.15. The molecule has 0 aliphatic heterocycles. The fourth-order valence-corrected chi connectivity index (χ4v) is 2.87. The average molecular weight is 296 g/mol. The van der Waals surface area contributed by atoms with Gasteiger partial charge in [-0.3, -0.25) is 0 Å². The van der Waals surface area contributed by atoms with E-state index in [1.165, 1.54) is 11.3 Å². The number of nitro groups is 1. The highest BCUT2D eigenvalue weighted by Crippen LogP contribution is 2.31. The van der Waals surface area contributed by atoms with Crippen LogP contribution in [0.25, 0.3) is 4.96 Å². The first-order valence-corrected chi connectivity index (χ1v) is 7.91. The number of hydrogen-bond acceptors (Lipinski definition) is 5. The second kappa shape index (κ2) is 6.69. The van der Waals surface area contributed by atoms with Gasteiger partial charge in [-0.05, 0) is 17.8 Å². The Kier molecular flexibility index (Phi) is 4.94. The first-order chi connectivity index (χ1) is 9.69. The van der Waals surface area contributed by atoms with E-state index in [-0.39, 0.29) is 10.7 Å². The zero-order chi connectivity index (χ0) is 14.5. The van der Waals surface area contributed by atoms with Crippen LogP contribution in [0.1, 0.15) is 39.5 Å². The van der Waals surface area contributed by atoms with Crippen LogP contribution in [0, 0.1) is 10.1 Å². The minimum atomic E-state index is -0.326. The number of anilines is 1. The van der Waals surface area contributed by atoms with Crippen LogP contribution in [0.4, 0.5) is 11.6 Å². The van der Waals surface area contributed by atoms with Crippen LogP contribution in [0.3, 0.4) is 0 Å². The van der Waals surface area contributed by atoms with Gasteiger partial charge in [-0.15, -0.1) is 0 Å². The summed E-state index contributed by atoms with van der Waals surface area (Å²) in [6.07, 6.45) is 5.89. The lowest BCUT2D eigenvalue weighted by Gasteiger charge is -2.21. The fraction of sp³-hybridized carbons (Fsp3) is 0.615. The smallest absolute Gasteiger partial charge is 0.358 e. The topological polar surface area (TPSA) is 63.7 Å². The number of hydrogen-bond donors (Lipinski definition) is 0. The van der Waals surface area contributed by atoms with Crippen molar-refractivity contribution in [3.8, 4) is 0 Å². The molecule has 20 heavy (non-hydrogen) atoms. The van der Waals surface area contributed by atoms with Crippen LogP contribution >= 0.6 is 11.3 Å². The maximum Gasteiger partial charge on any atom is 0.373 e. The summed E-state index contributed by atoms with van der Waals surface area (Å²) in [5.74, 6) is 0.609.